The Morgan fingerprint density at radius 2 is 2.05 bits per heavy atom. The molecule has 2 unspecified atom stereocenters. The van der Waals surface area contributed by atoms with Crippen LogP contribution in [0.5, 0.6) is 0 Å². The van der Waals surface area contributed by atoms with Crippen molar-refractivity contribution < 1.29 is 0 Å². The van der Waals surface area contributed by atoms with Crippen molar-refractivity contribution >= 4 is 17.3 Å². The number of rotatable bonds is 3. The fraction of sp³-hybridized carbons (Fsp3) is 0.625. The number of nitrogens with one attached hydrogen (secondary N) is 1. The number of hydrogen-bond acceptors (Lipinski definition) is 3. The van der Waals surface area contributed by atoms with Crippen molar-refractivity contribution in [2.75, 3.05) is 32.1 Å². The molecule has 3 nitrogen and oxygen atoms in total. The van der Waals surface area contributed by atoms with E-state index < -0.39 is 0 Å². The zero-order valence-electron chi connectivity index (χ0n) is 12.4. The largest absolute Gasteiger partial charge is 0.370 e. The molecule has 2 heterocycles. The lowest BCUT2D eigenvalue weighted by molar-refractivity contribution is 0.254. The van der Waals surface area contributed by atoms with Crippen LogP contribution in [-0.4, -0.2) is 44.2 Å². The predicted octanol–water partition coefficient (Wildman–Crippen LogP) is 2.73. The van der Waals surface area contributed by atoms with Gasteiger partial charge < -0.3 is 10.2 Å². The second-order valence-electron chi connectivity index (χ2n) is 6.05. The minimum atomic E-state index is 0.698. The molecule has 0 aromatic heterocycles. The summed E-state index contributed by atoms with van der Waals surface area (Å²) < 4.78 is 0. The van der Waals surface area contributed by atoms with Crippen molar-refractivity contribution in [1.29, 1.82) is 0 Å². The molecule has 2 bridgehead atoms. The maximum atomic E-state index is 6.40. The van der Waals surface area contributed by atoms with Gasteiger partial charge in [-0.05, 0) is 45.5 Å². The molecule has 1 aromatic rings. The van der Waals surface area contributed by atoms with Crippen LogP contribution in [-0.2, 0) is 6.54 Å². The first-order chi connectivity index (χ1) is 9.70. The summed E-state index contributed by atoms with van der Waals surface area (Å²) >= 11 is 6.40. The molecular formula is C16H24ClN3. The second-order valence-corrected chi connectivity index (χ2v) is 6.46. The third-order valence-electron chi connectivity index (χ3n) is 4.94. The lowest BCUT2D eigenvalue weighted by Gasteiger charge is -2.29. The average molecular weight is 294 g/mol. The van der Waals surface area contributed by atoms with Crippen molar-refractivity contribution in [1.82, 2.24) is 10.2 Å². The molecule has 2 fully saturated rings. The van der Waals surface area contributed by atoms with Gasteiger partial charge in [-0.15, -0.1) is 0 Å². The molecule has 0 saturated carbocycles. The summed E-state index contributed by atoms with van der Waals surface area (Å²) in [5, 5.41) is 4.12. The van der Waals surface area contributed by atoms with E-state index in [-0.39, 0.29) is 0 Å². The average Bonchev–Trinajstić information content (AvgIpc) is 2.66. The molecule has 4 heteroatoms. The maximum Gasteiger partial charge on any atom is 0.0471 e. The standard InChI is InChI=1S/C16H24ClN3/c1-18-10-14-15(17)4-3-5-16(14)20-9-8-12-6-7-13(11-20)19(12)2/h3-5,12-13,18H,6-11H2,1-2H3. The van der Waals surface area contributed by atoms with Crippen LogP contribution in [0.15, 0.2) is 18.2 Å². The second kappa shape index (κ2) is 5.92. The molecule has 1 aromatic carbocycles. The van der Waals surface area contributed by atoms with Crippen molar-refractivity contribution in [2.24, 2.45) is 0 Å². The molecule has 2 saturated heterocycles. The topological polar surface area (TPSA) is 18.5 Å². The molecule has 0 aliphatic carbocycles. The number of halogens is 1. The van der Waals surface area contributed by atoms with Crippen LogP contribution in [0.25, 0.3) is 0 Å². The normalized spacial score (nSPS) is 26.9. The Bertz CT molecular complexity index is 477. The summed E-state index contributed by atoms with van der Waals surface area (Å²) in [7, 11) is 4.27. The van der Waals surface area contributed by atoms with E-state index in [1.807, 2.05) is 13.1 Å². The van der Waals surface area contributed by atoms with Gasteiger partial charge in [-0.3, -0.25) is 4.90 Å². The van der Waals surface area contributed by atoms with Gasteiger partial charge in [0.15, 0.2) is 0 Å². The Morgan fingerprint density at radius 3 is 2.85 bits per heavy atom. The molecule has 1 N–H and O–H groups in total. The molecule has 0 amide bonds. The highest BCUT2D eigenvalue weighted by Gasteiger charge is 2.35. The summed E-state index contributed by atoms with van der Waals surface area (Å²) in [5.41, 5.74) is 2.55. The summed E-state index contributed by atoms with van der Waals surface area (Å²) in [6, 6.07) is 7.76. The highest BCUT2D eigenvalue weighted by molar-refractivity contribution is 6.31. The fourth-order valence-electron chi connectivity index (χ4n) is 3.72. The summed E-state index contributed by atoms with van der Waals surface area (Å²) in [4.78, 5) is 5.13. The Labute approximate surface area is 126 Å². The number of hydrogen-bond donors (Lipinski definition) is 1. The molecule has 2 atom stereocenters. The van der Waals surface area contributed by atoms with E-state index in [1.54, 1.807) is 0 Å². The van der Waals surface area contributed by atoms with E-state index in [4.69, 9.17) is 11.6 Å². The van der Waals surface area contributed by atoms with Crippen LogP contribution >= 0.6 is 11.6 Å². The first-order valence-electron chi connectivity index (χ1n) is 7.59. The molecule has 0 radical (unpaired) electrons. The Morgan fingerprint density at radius 1 is 1.25 bits per heavy atom. The van der Waals surface area contributed by atoms with Gasteiger partial charge in [-0.25, -0.2) is 0 Å². The predicted molar refractivity (Wildman–Crippen MR) is 85.6 cm³/mol. The van der Waals surface area contributed by atoms with E-state index in [1.165, 1.54) is 30.5 Å². The van der Waals surface area contributed by atoms with E-state index in [0.29, 0.717) is 6.04 Å². The van der Waals surface area contributed by atoms with Gasteiger partial charge in [-0.1, -0.05) is 17.7 Å². The Kier molecular flexibility index (Phi) is 4.20. The zero-order valence-corrected chi connectivity index (χ0v) is 13.2. The highest BCUT2D eigenvalue weighted by atomic mass is 35.5. The fourth-order valence-corrected chi connectivity index (χ4v) is 3.96. The van der Waals surface area contributed by atoms with Gasteiger partial charge in [0.25, 0.3) is 0 Å². The van der Waals surface area contributed by atoms with Crippen LogP contribution in [0.2, 0.25) is 5.02 Å². The number of likely N-dealkylation sites (N-methyl/N-ethyl adjacent to an activating group) is 1. The quantitative estimate of drug-likeness (QED) is 0.924. The van der Waals surface area contributed by atoms with Crippen LogP contribution in [0.3, 0.4) is 0 Å². The first kappa shape index (κ1) is 14.2. The van der Waals surface area contributed by atoms with Crippen LogP contribution in [0, 0.1) is 0 Å². The summed E-state index contributed by atoms with van der Waals surface area (Å²) in [5.74, 6) is 0. The molecule has 0 spiro atoms. The van der Waals surface area contributed by atoms with Crippen LogP contribution in [0.1, 0.15) is 24.8 Å². The zero-order chi connectivity index (χ0) is 14.1. The van der Waals surface area contributed by atoms with Gasteiger partial charge in [0.1, 0.15) is 0 Å². The lowest BCUT2D eigenvalue weighted by Crippen LogP contribution is -2.37. The van der Waals surface area contributed by atoms with Crippen molar-refractivity contribution in [3.05, 3.63) is 28.8 Å². The van der Waals surface area contributed by atoms with Gasteiger partial charge in [0.2, 0.25) is 0 Å². The van der Waals surface area contributed by atoms with E-state index in [2.05, 4.69) is 34.3 Å². The SMILES string of the molecule is CNCc1c(Cl)cccc1N1CCC2CCC(C1)N2C. The van der Waals surface area contributed by atoms with Gasteiger partial charge in [0.05, 0.1) is 0 Å². The number of benzene rings is 1. The van der Waals surface area contributed by atoms with E-state index in [0.717, 1.165) is 30.7 Å². The molecule has 2 aliphatic rings. The third-order valence-corrected chi connectivity index (χ3v) is 5.29. The van der Waals surface area contributed by atoms with Crippen LogP contribution in [0.4, 0.5) is 5.69 Å². The van der Waals surface area contributed by atoms with Gasteiger partial charge >= 0.3 is 0 Å². The smallest absolute Gasteiger partial charge is 0.0471 e. The van der Waals surface area contributed by atoms with Crippen molar-refractivity contribution in [2.45, 2.75) is 37.9 Å². The molecule has 20 heavy (non-hydrogen) atoms. The van der Waals surface area contributed by atoms with Gasteiger partial charge in [-0.2, -0.15) is 0 Å². The summed E-state index contributed by atoms with van der Waals surface area (Å²) in [6.45, 7) is 3.10. The highest BCUT2D eigenvalue weighted by Crippen LogP contribution is 2.33. The maximum absolute atomic E-state index is 6.40. The van der Waals surface area contributed by atoms with Crippen molar-refractivity contribution in [3.63, 3.8) is 0 Å². The minimum Gasteiger partial charge on any atom is -0.370 e. The number of anilines is 1. The van der Waals surface area contributed by atoms with Crippen LogP contribution < -0.4 is 10.2 Å². The molecule has 110 valence electrons. The van der Waals surface area contributed by atoms with Crippen molar-refractivity contribution in [3.8, 4) is 0 Å². The first-order valence-corrected chi connectivity index (χ1v) is 7.97. The monoisotopic (exact) mass is 293 g/mol. The van der Waals surface area contributed by atoms with Gasteiger partial charge in [0, 0.05) is 48.0 Å². The third kappa shape index (κ3) is 2.54. The Hall–Kier alpha value is -0.770. The number of fused-ring (bicyclic) bond motifs is 2. The van der Waals surface area contributed by atoms with E-state index in [9.17, 15) is 0 Å². The minimum absolute atomic E-state index is 0.698. The summed E-state index contributed by atoms with van der Waals surface area (Å²) in [6.07, 6.45) is 3.96. The van der Waals surface area contributed by atoms with E-state index >= 15 is 0 Å². The number of nitrogens with zero attached hydrogens (tertiary/aromatic N) is 2. The molecular weight excluding hydrogens is 270 g/mol. The molecule has 2 aliphatic heterocycles. The lowest BCUT2D eigenvalue weighted by atomic mass is 10.1. The molecule has 3 rings (SSSR count). The Balaban J connectivity index is 1.87.